The number of nitrogens with two attached hydrogens (primary N) is 2. The van der Waals surface area contributed by atoms with Crippen LogP contribution in [-0.4, -0.2) is 71.5 Å². The van der Waals surface area contributed by atoms with Crippen LogP contribution in [0.4, 0.5) is 0 Å². The molecule has 0 spiro atoms. The third-order valence-electron chi connectivity index (χ3n) is 5.21. The van der Waals surface area contributed by atoms with Crippen LogP contribution in [0.15, 0.2) is 0 Å². The number of carbonyl (C=O) groups excluding carboxylic acids is 3. The number of amides is 3. The molecule has 0 aliphatic carbocycles. The predicted octanol–water partition coefficient (Wildman–Crippen LogP) is 0.827. The van der Waals surface area contributed by atoms with E-state index in [2.05, 4.69) is 16.0 Å². The lowest BCUT2D eigenvalue weighted by Gasteiger charge is -2.26. The first-order valence-corrected chi connectivity index (χ1v) is 13.4. The number of rotatable bonds is 18. The van der Waals surface area contributed by atoms with E-state index in [0.717, 1.165) is 5.75 Å². The van der Waals surface area contributed by atoms with Gasteiger partial charge >= 0.3 is 5.97 Å². The summed E-state index contributed by atoms with van der Waals surface area (Å²) in [7, 11) is 0. The predicted molar refractivity (Wildman–Crippen MR) is 136 cm³/mol. The molecule has 198 valence electrons. The Morgan fingerprint density at radius 3 is 1.79 bits per heavy atom. The fourth-order valence-electron chi connectivity index (χ4n) is 3.36. The second-order valence-corrected chi connectivity index (χ2v) is 10.4. The van der Waals surface area contributed by atoms with Gasteiger partial charge in [-0.25, -0.2) is 4.79 Å². The Hall–Kier alpha value is -1.85. The average Bonchev–Trinajstić information content (AvgIpc) is 2.74. The molecule has 10 nitrogen and oxygen atoms in total. The fraction of sp³-hybridized carbons (Fsp3) is 0.826. The van der Waals surface area contributed by atoms with Crippen LogP contribution in [0.25, 0.3) is 0 Å². The molecule has 0 bridgehead atoms. The number of carboxylic acid groups (broad SMARTS) is 1. The average molecular weight is 504 g/mol. The van der Waals surface area contributed by atoms with Gasteiger partial charge in [0.15, 0.2) is 0 Å². The van der Waals surface area contributed by atoms with Crippen LogP contribution in [0, 0.1) is 11.8 Å². The zero-order chi connectivity index (χ0) is 26.3. The number of carbonyl (C=O) groups is 4. The van der Waals surface area contributed by atoms with Crippen molar-refractivity contribution in [3.05, 3.63) is 0 Å². The van der Waals surface area contributed by atoms with E-state index in [1.54, 1.807) is 11.8 Å². The highest BCUT2D eigenvalue weighted by Gasteiger charge is 2.30. The Balaban J connectivity index is 5.46. The van der Waals surface area contributed by atoms with Gasteiger partial charge < -0.3 is 32.5 Å². The lowest BCUT2D eigenvalue weighted by molar-refractivity contribution is -0.143. The number of aliphatic carboxylic acids is 1. The summed E-state index contributed by atoms with van der Waals surface area (Å²) in [5.74, 6) is -1.75. The summed E-state index contributed by atoms with van der Waals surface area (Å²) in [5.41, 5.74) is 11.5. The molecule has 0 saturated heterocycles. The number of nitrogens with one attached hydrogen (secondary N) is 3. The van der Waals surface area contributed by atoms with E-state index in [1.807, 2.05) is 34.0 Å². The van der Waals surface area contributed by atoms with Crippen molar-refractivity contribution in [1.82, 2.24) is 16.0 Å². The zero-order valence-electron chi connectivity index (χ0n) is 21.3. The van der Waals surface area contributed by atoms with Crippen LogP contribution >= 0.6 is 11.8 Å². The smallest absolute Gasteiger partial charge is 0.326 e. The second kappa shape index (κ2) is 17.6. The van der Waals surface area contributed by atoms with Crippen LogP contribution < -0.4 is 27.4 Å². The first kappa shape index (κ1) is 32.1. The van der Waals surface area contributed by atoms with Gasteiger partial charge in [-0.15, -0.1) is 0 Å². The maximum atomic E-state index is 13.1. The molecule has 0 heterocycles. The van der Waals surface area contributed by atoms with E-state index in [9.17, 15) is 24.3 Å². The summed E-state index contributed by atoms with van der Waals surface area (Å²) in [6.45, 7) is 8.00. The fourth-order valence-corrected chi connectivity index (χ4v) is 3.85. The van der Waals surface area contributed by atoms with E-state index in [4.69, 9.17) is 11.5 Å². The highest BCUT2D eigenvalue weighted by molar-refractivity contribution is 7.98. The zero-order valence-corrected chi connectivity index (χ0v) is 22.1. The van der Waals surface area contributed by atoms with Crippen molar-refractivity contribution in [3.8, 4) is 0 Å². The van der Waals surface area contributed by atoms with E-state index in [1.165, 1.54) is 0 Å². The van der Waals surface area contributed by atoms with E-state index in [-0.39, 0.29) is 18.3 Å². The van der Waals surface area contributed by atoms with Crippen molar-refractivity contribution >= 4 is 35.5 Å². The van der Waals surface area contributed by atoms with Crippen molar-refractivity contribution in [2.45, 2.75) is 90.4 Å². The Bertz CT molecular complexity index is 647. The maximum absolute atomic E-state index is 13.1. The number of carboxylic acids is 1. The van der Waals surface area contributed by atoms with Crippen LogP contribution in [-0.2, 0) is 19.2 Å². The number of unbranched alkanes of at least 4 members (excludes halogenated alkanes) is 1. The van der Waals surface area contributed by atoms with Gasteiger partial charge in [0, 0.05) is 0 Å². The third-order valence-corrected chi connectivity index (χ3v) is 5.86. The van der Waals surface area contributed by atoms with Gasteiger partial charge in [0.25, 0.3) is 0 Å². The molecule has 11 heteroatoms. The van der Waals surface area contributed by atoms with Gasteiger partial charge in [-0.05, 0) is 68.9 Å². The molecule has 0 aliphatic heterocycles. The lowest BCUT2D eigenvalue weighted by atomic mass is 9.99. The Labute approximate surface area is 208 Å². The molecular weight excluding hydrogens is 458 g/mol. The van der Waals surface area contributed by atoms with Crippen LogP contribution in [0.3, 0.4) is 0 Å². The first-order chi connectivity index (χ1) is 15.9. The highest BCUT2D eigenvalue weighted by Crippen LogP contribution is 2.10. The standard InChI is InChI=1S/C23H45N5O5S/c1-14(2)12-18(22(31)28-19(23(32)33)13-15(3)4)27-21(30)17(8-6-7-10-24)26-20(29)16(25)9-11-34-5/h14-19H,6-13,24-25H2,1-5H3,(H,26,29)(H,27,30)(H,28,31)(H,32,33). The molecule has 0 fully saturated rings. The largest absolute Gasteiger partial charge is 0.480 e. The van der Waals surface area contributed by atoms with Gasteiger partial charge in [-0.1, -0.05) is 27.7 Å². The van der Waals surface area contributed by atoms with Gasteiger partial charge in [0.1, 0.15) is 18.1 Å². The number of hydrogen-bond acceptors (Lipinski definition) is 7. The minimum absolute atomic E-state index is 0.0645. The minimum atomic E-state index is -1.12. The van der Waals surface area contributed by atoms with E-state index in [0.29, 0.717) is 38.6 Å². The second-order valence-electron chi connectivity index (χ2n) is 9.45. The van der Waals surface area contributed by atoms with Crippen LogP contribution in [0.5, 0.6) is 0 Å². The summed E-state index contributed by atoms with van der Waals surface area (Å²) in [6, 6.07) is -3.58. The van der Waals surface area contributed by atoms with Crippen molar-refractivity contribution in [2.24, 2.45) is 23.3 Å². The summed E-state index contributed by atoms with van der Waals surface area (Å²) >= 11 is 1.58. The monoisotopic (exact) mass is 503 g/mol. The molecule has 0 aromatic rings. The maximum Gasteiger partial charge on any atom is 0.326 e. The molecule has 0 saturated carbocycles. The molecular formula is C23H45N5O5S. The highest BCUT2D eigenvalue weighted by atomic mass is 32.2. The minimum Gasteiger partial charge on any atom is -0.480 e. The Kier molecular flexibility index (Phi) is 16.6. The molecule has 0 aromatic carbocycles. The molecule has 34 heavy (non-hydrogen) atoms. The lowest BCUT2D eigenvalue weighted by Crippen LogP contribution is -2.57. The van der Waals surface area contributed by atoms with Crippen molar-refractivity contribution in [2.75, 3.05) is 18.6 Å². The van der Waals surface area contributed by atoms with Crippen LogP contribution in [0.2, 0.25) is 0 Å². The molecule has 3 amide bonds. The molecule has 0 radical (unpaired) electrons. The molecule has 4 atom stereocenters. The first-order valence-electron chi connectivity index (χ1n) is 12.0. The third kappa shape index (κ3) is 13.8. The summed E-state index contributed by atoms with van der Waals surface area (Å²) in [4.78, 5) is 50.1. The van der Waals surface area contributed by atoms with Gasteiger partial charge in [-0.3, -0.25) is 14.4 Å². The van der Waals surface area contributed by atoms with Crippen molar-refractivity contribution in [1.29, 1.82) is 0 Å². The van der Waals surface area contributed by atoms with Gasteiger partial charge in [0.05, 0.1) is 6.04 Å². The normalized spacial score (nSPS) is 14.9. The Morgan fingerprint density at radius 1 is 0.794 bits per heavy atom. The van der Waals surface area contributed by atoms with Crippen molar-refractivity contribution in [3.63, 3.8) is 0 Å². The van der Waals surface area contributed by atoms with E-state index >= 15 is 0 Å². The molecule has 8 N–H and O–H groups in total. The quantitative estimate of drug-likeness (QED) is 0.149. The molecule has 0 aromatic heterocycles. The van der Waals surface area contributed by atoms with Crippen molar-refractivity contribution < 1.29 is 24.3 Å². The topological polar surface area (TPSA) is 177 Å². The number of hydrogen-bond donors (Lipinski definition) is 6. The summed E-state index contributed by atoms with van der Waals surface area (Å²) < 4.78 is 0. The Morgan fingerprint density at radius 2 is 1.29 bits per heavy atom. The molecule has 0 rings (SSSR count). The van der Waals surface area contributed by atoms with Gasteiger partial charge in [0.2, 0.25) is 17.7 Å². The summed E-state index contributed by atoms with van der Waals surface area (Å²) in [5, 5.41) is 17.5. The molecule has 0 aliphatic rings. The van der Waals surface area contributed by atoms with E-state index < -0.39 is 47.9 Å². The summed E-state index contributed by atoms with van der Waals surface area (Å²) in [6.07, 6.45) is 4.65. The van der Waals surface area contributed by atoms with Gasteiger partial charge in [-0.2, -0.15) is 11.8 Å². The number of thioether (sulfide) groups is 1. The molecule has 4 unspecified atom stereocenters. The SMILES string of the molecule is CSCCC(N)C(=O)NC(CCCCN)C(=O)NC(CC(C)C)C(=O)NC(CC(C)C)C(=O)O. The van der Waals surface area contributed by atoms with Crippen LogP contribution in [0.1, 0.15) is 66.2 Å².